The maximum atomic E-state index is 11.1. The van der Waals surface area contributed by atoms with Crippen LogP contribution in [0.4, 0.5) is 0 Å². The summed E-state index contributed by atoms with van der Waals surface area (Å²) < 4.78 is 4.98. The molecule has 0 radical (unpaired) electrons. The molecule has 0 aromatic rings. The largest absolute Gasteiger partial charge is 0.466 e. The van der Waals surface area contributed by atoms with E-state index in [2.05, 4.69) is 6.92 Å². The summed E-state index contributed by atoms with van der Waals surface area (Å²) in [5.41, 5.74) is 0. The van der Waals surface area contributed by atoms with E-state index in [1.165, 1.54) is 0 Å². The first-order valence-corrected chi connectivity index (χ1v) is 5.88. The van der Waals surface area contributed by atoms with Crippen LogP contribution in [0.15, 0.2) is 0 Å². The number of unbranched alkanes of at least 4 members (excludes halogenated alkanes) is 2. The molecule has 0 aliphatic carbocycles. The van der Waals surface area contributed by atoms with Crippen molar-refractivity contribution >= 4 is 11.8 Å². The van der Waals surface area contributed by atoms with Gasteiger partial charge in [0.25, 0.3) is 0 Å². The molecule has 0 aliphatic heterocycles. The number of hydrogen-bond acceptors (Lipinski definition) is 3. The van der Waals surface area contributed by atoms with Crippen LogP contribution in [0.25, 0.3) is 0 Å². The number of ether oxygens (including phenoxy) is 1. The van der Waals surface area contributed by atoms with E-state index in [9.17, 15) is 9.59 Å². The van der Waals surface area contributed by atoms with Crippen molar-refractivity contribution in [2.75, 3.05) is 6.61 Å². The first kappa shape index (κ1) is 14.1. The molecule has 0 saturated carbocycles. The van der Waals surface area contributed by atoms with Gasteiger partial charge in [0.2, 0.25) is 0 Å². The predicted octanol–water partition coefficient (Wildman–Crippen LogP) is 2.87. The molecular formula is C12H22O3. The molecule has 0 unspecified atom stereocenters. The van der Waals surface area contributed by atoms with Gasteiger partial charge in [0.15, 0.2) is 0 Å². The monoisotopic (exact) mass is 214 g/mol. The van der Waals surface area contributed by atoms with E-state index in [1.807, 2.05) is 6.92 Å². The number of carbonyl (C=O) groups is 2. The van der Waals surface area contributed by atoms with Gasteiger partial charge in [0.1, 0.15) is 5.78 Å². The Balaban J connectivity index is 3.36. The normalized spacial score (nSPS) is 10.0. The minimum absolute atomic E-state index is 0.156. The lowest BCUT2D eigenvalue weighted by Gasteiger charge is -2.03. The van der Waals surface area contributed by atoms with Gasteiger partial charge in [-0.25, -0.2) is 0 Å². The molecule has 0 saturated heterocycles. The lowest BCUT2D eigenvalue weighted by Crippen LogP contribution is -2.08. The Kier molecular flexibility index (Phi) is 9.13. The zero-order valence-corrected chi connectivity index (χ0v) is 9.88. The number of carbonyl (C=O) groups excluding carboxylic acids is 2. The van der Waals surface area contributed by atoms with Crippen LogP contribution >= 0.6 is 0 Å². The average molecular weight is 214 g/mol. The highest BCUT2D eigenvalue weighted by molar-refractivity contribution is 5.82. The lowest BCUT2D eigenvalue weighted by atomic mass is 10.1. The summed E-state index contributed by atoms with van der Waals surface area (Å²) >= 11 is 0. The van der Waals surface area contributed by atoms with Crippen LogP contribution in [0.5, 0.6) is 0 Å². The molecule has 15 heavy (non-hydrogen) atoms. The molecule has 0 amide bonds. The highest BCUT2D eigenvalue weighted by Crippen LogP contribution is 2.01. The number of rotatable bonds is 9. The van der Waals surface area contributed by atoms with Crippen LogP contribution in [-0.2, 0) is 14.3 Å². The summed E-state index contributed by atoms with van der Waals surface area (Å²) in [5.74, 6) is -0.0847. The second-order valence-corrected chi connectivity index (χ2v) is 3.72. The highest BCUT2D eigenvalue weighted by atomic mass is 16.5. The smallest absolute Gasteiger partial charge is 0.306 e. The molecule has 88 valence electrons. The van der Waals surface area contributed by atoms with Gasteiger partial charge in [-0.1, -0.05) is 26.7 Å². The molecule has 0 aromatic heterocycles. The Morgan fingerprint density at radius 2 is 1.67 bits per heavy atom. The average Bonchev–Trinajstić information content (AvgIpc) is 2.22. The SMILES string of the molecule is CCCCCOC(=O)CCC(=O)CCC. The molecule has 0 fully saturated rings. The summed E-state index contributed by atoms with van der Waals surface area (Å²) in [5, 5.41) is 0. The third-order valence-electron chi connectivity index (χ3n) is 2.15. The van der Waals surface area contributed by atoms with E-state index >= 15 is 0 Å². The van der Waals surface area contributed by atoms with Crippen molar-refractivity contribution in [3.8, 4) is 0 Å². The maximum Gasteiger partial charge on any atom is 0.306 e. The van der Waals surface area contributed by atoms with E-state index in [1.54, 1.807) is 0 Å². The summed E-state index contributed by atoms with van der Waals surface area (Å²) in [6.07, 6.45) is 5.12. The Labute approximate surface area is 92.2 Å². The molecule has 0 aliphatic rings. The van der Waals surface area contributed by atoms with Gasteiger partial charge >= 0.3 is 5.97 Å². The number of esters is 1. The Morgan fingerprint density at radius 1 is 0.933 bits per heavy atom. The summed E-state index contributed by atoms with van der Waals surface area (Å²) in [6, 6.07) is 0. The zero-order chi connectivity index (χ0) is 11.5. The van der Waals surface area contributed by atoms with Crippen molar-refractivity contribution in [3.63, 3.8) is 0 Å². The molecule has 0 rings (SSSR count). The minimum atomic E-state index is -0.240. The second-order valence-electron chi connectivity index (χ2n) is 3.72. The van der Waals surface area contributed by atoms with Crippen LogP contribution in [0.2, 0.25) is 0 Å². The highest BCUT2D eigenvalue weighted by Gasteiger charge is 2.06. The maximum absolute atomic E-state index is 11.1. The van der Waals surface area contributed by atoms with Gasteiger partial charge in [0.05, 0.1) is 13.0 Å². The van der Waals surface area contributed by atoms with Crippen molar-refractivity contribution in [1.82, 2.24) is 0 Å². The predicted molar refractivity (Wildman–Crippen MR) is 59.6 cm³/mol. The quantitative estimate of drug-likeness (QED) is 0.438. The van der Waals surface area contributed by atoms with Crippen molar-refractivity contribution in [3.05, 3.63) is 0 Å². The molecule has 0 heterocycles. The second kappa shape index (κ2) is 9.69. The van der Waals surface area contributed by atoms with Crippen LogP contribution in [0.1, 0.15) is 58.8 Å². The molecule has 0 N–H and O–H groups in total. The van der Waals surface area contributed by atoms with Crippen molar-refractivity contribution < 1.29 is 14.3 Å². The molecule has 0 bridgehead atoms. The van der Waals surface area contributed by atoms with E-state index in [0.29, 0.717) is 19.4 Å². The topological polar surface area (TPSA) is 43.4 Å². The molecule has 0 aromatic carbocycles. The molecule has 3 heteroatoms. The third-order valence-corrected chi connectivity index (χ3v) is 2.15. The van der Waals surface area contributed by atoms with Crippen LogP contribution in [0.3, 0.4) is 0 Å². The molecular weight excluding hydrogens is 192 g/mol. The summed E-state index contributed by atoms with van der Waals surface area (Å²) in [4.78, 5) is 22.3. The van der Waals surface area contributed by atoms with Gasteiger partial charge < -0.3 is 4.74 Å². The van der Waals surface area contributed by atoms with Gasteiger partial charge in [-0.2, -0.15) is 0 Å². The molecule has 3 nitrogen and oxygen atoms in total. The number of hydrogen-bond donors (Lipinski definition) is 0. The lowest BCUT2D eigenvalue weighted by molar-refractivity contribution is -0.145. The van der Waals surface area contributed by atoms with Gasteiger partial charge in [-0.3, -0.25) is 9.59 Å². The fourth-order valence-corrected chi connectivity index (χ4v) is 1.26. The minimum Gasteiger partial charge on any atom is -0.466 e. The first-order valence-electron chi connectivity index (χ1n) is 5.88. The Hall–Kier alpha value is -0.860. The van der Waals surface area contributed by atoms with Gasteiger partial charge in [-0.05, 0) is 12.8 Å². The van der Waals surface area contributed by atoms with E-state index < -0.39 is 0 Å². The zero-order valence-electron chi connectivity index (χ0n) is 9.88. The van der Waals surface area contributed by atoms with Crippen LogP contribution in [0, 0.1) is 0 Å². The van der Waals surface area contributed by atoms with E-state index in [4.69, 9.17) is 4.74 Å². The number of Topliss-reactive ketones (excluding diaryl/α,β-unsaturated/α-hetero) is 1. The number of ketones is 1. The van der Waals surface area contributed by atoms with Crippen LogP contribution < -0.4 is 0 Å². The van der Waals surface area contributed by atoms with E-state index in [0.717, 1.165) is 25.7 Å². The fraction of sp³-hybridized carbons (Fsp3) is 0.833. The Morgan fingerprint density at radius 3 is 2.27 bits per heavy atom. The Bertz CT molecular complexity index is 187. The molecule has 0 atom stereocenters. The van der Waals surface area contributed by atoms with Crippen molar-refractivity contribution in [2.45, 2.75) is 58.8 Å². The first-order chi connectivity index (χ1) is 7.20. The molecule has 0 spiro atoms. The fourth-order valence-electron chi connectivity index (χ4n) is 1.26. The van der Waals surface area contributed by atoms with Crippen molar-refractivity contribution in [2.24, 2.45) is 0 Å². The summed E-state index contributed by atoms with van der Waals surface area (Å²) in [7, 11) is 0. The van der Waals surface area contributed by atoms with Crippen LogP contribution in [-0.4, -0.2) is 18.4 Å². The van der Waals surface area contributed by atoms with Gasteiger partial charge in [0, 0.05) is 12.8 Å². The summed E-state index contributed by atoms with van der Waals surface area (Å²) in [6.45, 7) is 4.56. The van der Waals surface area contributed by atoms with Crippen molar-refractivity contribution in [1.29, 1.82) is 0 Å². The van der Waals surface area contributed by atoms with Gasteiger partial charge in [-0.15, -0.1) is 0 Å². The third kappa shape index (κ3) is 9.44. The standard InChI is InChI=1S/C12H22O3/c1-3-5-6-10-15-12(14)9-8-11(13)7-4-2/h3-10H2,1-2H3. The van der Waals surface area contributed by atoms with E-state index in [-0.39, 0.29) is 18.2 Å².